The number of carboxylic acid groups (broad SMARTS) is 1. The molecule has 0 bridgehead atoms. The lowest BCUT2D eigenvalue weighted by atomic mass is 10.1. The van der Waals surface area contributed by atoms with Crippen LogP contribution in [0.3, 0.4) is 0 Å². The molecule has 0 heterocycles. The van der Waals surface area contributed by atoms with Crippen molar-refractivity contribution in [2.45, 2.75) is 25.5 Å². The van der Waals surface area contributed by atoms with E-state index in [1.54, 1.807) is 42.5 Å². The molecule has 176 valence electrons. The Bertz CT molecular complexity index is 1190. The molecule has 0 aliphatic heterocycles. The Morgan fingerprint density at radius 2 is 1.74 bits per heavy atom. The standard InChI is InChI=1S/C25H21Cl2FN2O4/c26-20-10-17(12-22(30)25(31)32)11-21(27)24(20)33-8-7-18-9-16(13-29)3-6-23(18)34-14-15-1-4-19(28)5-2-15/h1-6,9-11,22H,7-8,12,14,30H2,(H,31,32)/t22-/m0/s1. The molecule has 0 spiro atoms. The van der Waals surface area contributed by atoms with E-state index in [9.17, 15) is 14.4 Å². The number of nitrogens with zero attached hydrogens (tertiary/aromatic N) is 1. The van der Waals surface area contributed by atoms with E-state index in [0.29, 0.717) is 23.3 Å². The van der Waals surface area contributed by atoms with Gasteiger partial charge in [-0.3, -0.25) is 4.79 Å². The monoisotopic (exact) mass is 502 g/mol. The molecule has 0 radical (unpaired) electrons. The van der Waals surface area contributed by atoms with E-state index in [0.717, 1.165) is 11.1 Å². The average molecular weight is 503 g/mol. The zero-order chi connectivity index (χ0) is 24.7. The lowest BCUT2D eigenvalue weighted by Gasteiger charge is -2.15. The van der Waals surface area contributed by atoms with Crippen molar-refractivity contribution < 1.29 is 23.8 Å². The van der Waals surface area contributed by atoms with Crippen LogP contribution in [0.5, 0.6) is 11.5 Å². The Balaban J connectivity index is 1.68. The molecule has 0 amide bonds. The molecule has 0 unspecified atom stereocenters. The third-order valence-corrected chi connectivity index (χ3v) is 5.51. The van der Waals surface area contributed by atoms with Crippen LogP contribution >= 0.6 is 23.2 Å². The summed E-state index contributed by atoms with van der Waals surface area (Å²) in [5, 5.41) is 18.7. The van der Waals surface area contributed by atoms with Gasteiger partial charge in [0.15, 0.2) is 5.75 Å². The number of aliphatic carboxylic acids is 1. The SMILES string of the molecule is N#Cc1ccc(OCc2ccc(F)cc2)c(CCOc2c(Cl)cc(C[C@H](N)C(=O)O)cc2Cl)c1. The fourth-order valence-electron chi connectivity index (χ4n) is 3.20. The molecule has 0 saturated heterocycles. The second-order valence-corrected chi connectivity index (χ2v) is 8.30. The summed E-state index contributed by atoms with van der Waals surface area (Å²) in [5.41, 5.74) is 8.17. The first-order valence-electron chi connectivity index (χ1n) is 10.3. The molecule has 0 fully saturated rings. The van der Waals surface area contributed by atoms with Crippen molar-refractivity contribution in [1.82, 2.24) is 0 Å². The van der Waals surface area contributed by atoms with E-state index >= 15 is 0 Å². The van der Waals surface area contributed by atoms with Gasteiger partial charge in [0.05, 0.1) is 28.3 Å². The second-order valence-electron chi connectivity index (χ2n) is 7.49. The van der Waals surface area contributed by atoms with Crippen LogP contribution in [-0.2, 0) is 24.2 Å². The van der Waals surface area contributed by atoms with Crippen LogP contribution in [-0.4, -0.2) is 23.7 Å². The minimum Gasteiger partial charge on any atom is -0.490 e. The van der Waals surface area contributed by atoms with Gasteiger partial charge in [-0.15, -0.1) is 0 Å². The van der Waals surface area contributed by atoms with Gasteiger partial charge in [-0.05, 0) is 65.6 Å². The summed E-state index contributed by atoms with van der Waals surface area (Å²) in [6.07, 6.45) is 0.470. The average Bonchev–Trinajstić information content (AvgIpc) is 2.80. The van der Waals surface area contributed by atoms with Crippen molar-refractivity contribution in [3.63, 3.8) is 0 Å². The summed E-state index contributed by atoms with van der Waals surface area (Å²) in [7, 11) is 0. The highest BCUT2D eigenvalue weighted by molar-refractivity contribution is 6.37. The van der Waals surface area contributed by atoms with Crippen molar-refractivity contribution in [3.8, 4) is 17.6 Å². The predicted octanol–water partition coefficient (Wildman–Crippen LogP) is 5.16. The van der Waals surface area contributed by atoms with Crippen molar-refractivity contribution in [2.24, 2.45) is 5.73 Å². The number of nitrogens with two attached hydrogens (primary N) is 1. The van der Waals surface area contributed by atoms with E-state index < -0.39 is 12.0 Å². The van der Waals surface area contributed by atoms with Gasteiger partial charge in [0.25, 0.3) is 0 Å². The molecule has 0 saturated carbocycles. The minimum atomic E-state index is -1.12. The summed E-state index contributed by atoms with van der Waals surface area (Å²) in [6, 6.07) is 15.2. The van der Waals surface area contributed by atoms with Gasteiger partial charge in [0.2, 0.25) is 0 Å². The largest absolute Gasteiger partial charge is 0.490 e. The van der Waals surface area contributed by atoms with Gasteiger partial charge in [-0.2, -0.15) is 5.26 Å². The van der Waals surface area contributed by atoms with Gasteiger partial charge in [0, 0.05) is 6.42 Å². The quantitative estimate of drug-likeness (QED) is 0.396. The molecule has 0 aliphatic rings. The number of carbonyl (C=O) groups is 1. The Hall–Kier alpha value is -3.31. The summed E-state index contributed by atoms with van der Waals surface area (Å²) >= 11 is 12.6. The van der Waals surface area contributed by atoms with Crippen LogP contribution in [0.1, 0.15) is 22.3 Å². The third kappa shape index (κ3) is 6.84. The number of nitriles is 1. The van der Waals surface area contributed by atoms with E-state index in [1.807, 2.05) is 0 Å². The van der Waals surface area contributed by atoms with Crippen molar-refractivity contribution in [2.75, 3.05) is 6.61 Å². The fraction of sp³-hybridized carbons (Fsp3) is 0.200. The molecular formula is C25H21Cl2FN2O4. The number of benzene rings is 3. The highest BCUT2D eigenvalue weighted by atomic mass is 35.5. The summed E-state index contributed by atoms with van der Waals surface area (Å²) < 4.78 is 24.8. The molecule has 3 rings (SSSR count). The highest BCUT2D eigenvalue weighted by Crippen LogP contribution is 2.35. The number of hydrogen-bond donors (Lipinski definition) is 2. The van der Waals surface area contributed by atoms with Gasteiger partial charge in [0.1, 0.15) is 24.2 Å². The smallest absolute Gasteiger partial charge is 0.320 e. The minimum absolute atomic E-state index is 0.0742. The zero-order valence-electron chi connectivity index (χ0n) is 17.9. The maximum absolute atomic E-state index is 13.1. The Morgan fingerprint density at radius 3 is 2.35 bits per heavy atom. The number of rotatable bonds is 10. The normalized spacial score (nSPS) is 11.5. The zero-order valence-corrected chi connectivity index (χ0v) is 19.4. The molecule has 3 aromatic rings. The molecule has 3 aromatic carbocycles. The van der Waals surface area contributed by atoms with Crippen LogP contribution in [0.2, 0.25) is 10.0 Å². The summed E-state index contributed by atoms with van der Waals surface area (Å²) in [5.74, 6) is -0.608. The van der Waals surface area contributed by atoms with Crippen LogP contribution < -0.4 is 15.2 Å². The third-order valence-electron chi connectivity index (χ3n) is 4.95. The predicted molar refractivity (Wildman–Crippen MR) is 127 cm³/mol. The Morgan fingerprint density at radius 1 is 1.06 bits per heavy atom. The molecule has 0 aliphatic carbocycles. The number of halogens is 3. The van der Waals surface area contributed by atoms with Gasteiger partial charge < -0.3 is 20.3 Å². The Kier molecular flexibility index (Phi) is 8.72. The van der Waals surface area contributed by atoms with Crippen molar-refractivity contribution in [3.05, 3.63) is 92.7 Å². The number of hydrogen-bond acceptors (Lipinski definition) is 5. The van der Waals surface area contributed by atoms with E-state index in [1.165, 1.54) is 12.1 Å². The van der Waals surface area contributed by atoms with Gasteiger partial charge in [-0.1, -0.05) is 35.3 Å². The molecule has 1 atom stereocenters. The molecular weight excluding hydrogens is 482 g/mol. The van der Waals surface area contributed by atoms with E-state index in [4.69, 9.17) is 43.5 Å². The van der Waals surface area contributed by atoms with Crippen LogP contribution in [0.25, 0.3) is 0 Å². The summed E-state index contributed by atoms with van der Waals surface area (Å²) in [4.78, 5) is 11.0. The maximum Gasteiger partial charge on any atom is 0.320 e. The van der Waals surface area contributed by atoms with Crippen LogP contribution in [0.15, 0.2) is 54.6 Å². The van der Waals surface area contributed by atoms with E-state index in [-0.39, 0.29) is 41.2 Å². The van der Waals surface area contributed by atoms with E-state index in [2.05, 4.69) is 6.07 Å². The molecule has 34 heavy (non-hydrogen) atoms. The second kappa shape index (κ2) is 11.7. The lowest BCUT2D eigenvalue weighted by molar-refractivity contribution is -0.138. The fourth-order valence-corrected chi connectivity index (χ4v) is 3.84. The van der Waals surface area contributed by atoms with Crippen molar-refractivity contribution >= 4 is 29.2 Å². The van der Waals surface area contributed by atoms with Gasteiger partial charge in [-0.25, -0.2) is 4.39 Å². The molecule has 0 aromatic heterocycles. The number of ether oxygens (including phenoxy) is 2. The van der Waals surface area contributed by atoms with Crippen LogP contribution in [0.4, 0.5) is 4.39 Å². The summed E-state index contributed by atoms with van der Waals surface area (Å²) in [6.45, 7) is 0.423. The lowest BCUT2D eigenvalue weighted by Crippen LogP contribution is -2.32. The van der Waals surface area contributed by atoms with Crippen LogP contribution in [0, 0.1) is 17.1 Å². The van der Waals surface area contributed by atoms with Crippen molar-refractivity contribution in [1.29, 1.82) is 5.26 Å². The first-order chi connectivity index (χ1) is 16.3. The van der Waals surface area contributed by atoms with Gasteiger partial charge >= 0.3 is 5.97 Å². The molecule has 9 heteroatoms. The molecule has 3 N–H and O–H groups in total. The topological polar surface area (TPSA) is 106 Å². The number of carboxylic acids is 1. The Labute approximate surface area is 206 Å². The highest BCUT2D eigenvalue weighted by Gasteiger charge is 2.16. The first-order valence-corrected chi connectivity index (χ1v) is 11.0. The maximum atomic E-state index is 13.1. The first kappa shape index (κ1) is 25.3. The molecule has 6 nitrogen and oxygen atoms in total.